The van der Waals surface area contributed by atoms with Gasteiger partial charge in [-0.1, -0.05) is 0 Å². The maximum Gasteiger partial charge on any atom is 2.00 e. The Hall–Kier alpha value is -2.13. The van der Waals surface area contributed by atoms with Crippen LogP contribution in [-0.4, -0.2) is 31.0 Å². The number of carbonyl (C=O) groups excluding carboxylic acids is 2. The van der Waals surface area contributed by atoms with Crippen LogP contribution in [0, 0.1) is 0 Å². The molecule has 0 aliphatic heterocycles. The van der Waals surface area contributed by atoms with Gasteiger partial charge in [0.2, 0.25) is 0 Å². The van der Waals surface area contributed by atoms with E-state index in [2.05, 4.69) is 9.97 Å². The van der Waals surface area contributed by atoms with Gasteiger partial charge in [-0.3, -0.25) is 0 Å². The Balaban J connectivity index is 0.000000324. The molecule has 0 saturated heterocycles. The number of carbonyl (C=O) groups is 2. The molecule has 2 aromatic heterocycles. The largest absolute Gasteiger partial charge is 2.00 e. The predicted molar refractivity (Wildman–Crippen MR) is 55.1 cm³/mol. The number of aryl methyl sites for hydroxylation is 2. The van der Waals surface area contributed by atoms with Gasteiger partial charge in [-0.2, -0.15) is 0 Å². The molecular weight excluding hydrogens is 299 g/mol. The minimum atomic E-state index is -1.25. The van der Waals surface area contributed by atoms with E-state index in [0.29, 0.717) is 0 Å². The number of carboxylic acids is 2. The number of aromatic carboxylic acids is 2. The summed E-state index contributed by atoms with van der Waals surface area (Å²) in [4.78, 5) is 27.2. The molecule has 0 atom stereocenters. The number of aromatic nitrogens is 4. The molecule has 0 spiro atoms. The zero-order valence-corrected chi connectivity index (χ0v) is 11.1. The number of hydrogen-bond acceptors (Lipinski definition) is 6. The standard InChI is InChI=1S/2C5H6N2O2.Co/c2*1-7-3-2-6-4(7)5(8)9;/h2*2-3H,1H3,(H,8,9);/q;;+2/p-2. The molecule has 9 heteroatoms. The topological polar surface area (TPSA) is 116 Å². The SMILES string of the molecule is Cn1ccnc1C(=O)[O-].Cn1ccnc1C(=O)[O-].[Co+2]. The number of carboxylic acid groups (broad SMARTS) is 2. The van der Waals surface area contributed by atoms with Crippen molar-refractivity contribution in [3.05, 3.63) is 36.4 Å². The first-order valence-corrected chi connectivity index (χ1v) is 4.80. The van der Waals surface area contributed by atoms with Crippen molar-refractivity contribution in [1.82, 2.24) is 19.1 Å². The number of rotatable bonds is 2. The van der Waals surface area contributed by atoms with Crippen molar-refractivity contribution in [1.29, 1.82) is 0 Å². The summed E-state index contributed by atoms with van der Waals surface area (Å²) in [7, 11) is 3.19. The molecule has 0 fully saturated rings. The molecule has 0 amide bonds. The van der Waals surface area contributed by atoms with Crippen molar-refractivity contribution in [2.75, 3.05) is 0 Å². The van der Waals surface area contributed by atoms with Crippen LogP contribution in [0.4, 0.5) is 0 Å². The van der Waals surface area contributed by atoms with E-state index < -0.39 is 11.9 Å². The molecule has 0 aromatic carbocycles. The number of nitrogens with zero attached hydrogens (tertiary/aromatic N) is 4. The second kappa shape index (κ2) is 7.33. The van der Waals surface area contributed by atoms with E-state index in [1.807, 2.05) is 0 Å². The minimum Gasteiger partial charge on any atom is -0.542 e. The molecule has 2 rings (SSSR count). The van der Waals surface area contributed by atoms with Crippen molar-refractivity contribution >= 4 is 11.9 Å². The van der Waals surface area contributed by atoms with Crippen LogP contribution in [0.3, 0.4) is 0 Å². The first-order chi connectivity index (χ1) is 8.43. The van der Waals surface area contributed by atoms with Crippen LogP contribution < -0.4 is 10.2 Å². The maximum atomic E-state index is 10.1. The Kier molecular flexibility index (Phi) is 6.51. The summed E-state index contributed by atoms with van der Waals surface area (Å²) < 4.78 is 2.77. The summed E-state index contributed by atoms with van der Waals surface area (Å²) in [6.45, 7) is 0. The van der Waals surface area contributed by atoms with E-state index in [4.69, 9.17) is 0 Å². The van der Waals surface area contributed by atoms with Gasteiger partial charge in [-0.05, 0) is 0 Å². The molecule has 2 heterocycles. The third kappa shape index (κ3) is 4.56. The summed E-state index contributed by atoms with van der Waals surface area (Å²) in [6.07, 6.45) is 5.91. The predicted octanol–water partition coefficient (Wildman–Crippen LogP) is -2.44. The van der Waals surface area contributed by atoms with Crippen LogP contribution in [0.2, 0.25) is 0 Å². The maximum absolute atomic E-state index is 10.1. The molecule has 8 nitrogen and oxygen atoms in total. The molecule has 0 aliphatic carbocycles. The van der Waals surface area contributed by atoms with Gasteiger partial charge in [0.15, 0.2) is 11.6 Å². The second-order valence-electron chi connectivity index (χ2n) is 3.30. The normalized spacial score (nSPS) is 8.95. The van der Waals surface area contributed by atoms with Gasteiger partial charge >= 0.3 is 16.8 Å². The monoisotopic (exact) mass is 309 g/mol. The second-order valence-corrected chi connectivity index (χ2v) is 3.30. The summed E-state index contributed by atoms with van der Waals surface area (Å²) in [6, 6.07) is 0. The molecule has 2 aromatic rings. The molecule has 103 valence electrons. The fourth-order valence-electron chi connectivity index (χ4n) is 1.12. The van der Waals surface area contributed by atoms with Crippen LogP contribution in [0.25, 0.3) is 0 Å². The van der Waals surface area contributed by atoms with Crippen molar-refractivity contribution in [2.45, 2.75) is 0 Å². The third-order valence-electron chi connectivity index (χ3n) is 2.01. The van der Waals surface area contributed by atoms with Crippen LogP contribution >= 0.6 is 0 Å². The van der Waals surface area contributed by atoms with Gasteiger partial charge in [-0.25, -0.2) is 9.97 Å². The molecule has 0 saturated carbocycles. The van der Waals surface area contributed by atoms with E-state index in [-0.39, 0.29) is 28.4 Å². The summed E-state index contributed by atoms with van der Waals surface area (Å²) >= 11 is 0. The zero-order chi connectivity index (χ0) is 13.7. The fourth-order valence-corrected chi connectivity index (χ4v) is 1.12. The van der Waals surface area contributed by atoms with E-state index in [0.717, 1.165) is 0 Å². The quantitative estimate of drug-likeness (QED) is 0.609. The van der Waals surface area contributed by atoms with Crippen molar-refractivity contribution in [3.63, 3.8) is 0 Å². The van der Waals surface area contributed by atoms with Crippen LogP contribution in [-0.2, 0) is 30.9 Å². The van der Waals surface area contributed by atoms with Crippen LogP contribution in [0.5, 0.6) is 0 Å². The average Bonchev–Trinajstić information content (AvgIpc) is 2.87. The summed E-state index contributed by atoms with van der Waals surface area (Å²) in [5.41, 5.74) is 0. The van der Waals surface area contributed by atoms with Gasteiger partial charge in [0, 0.05) is 38.9 Å². The smallest absolute Gasteiger partial charge is 0.542 e. The van der Waals surface area contributed by atoms with E-state index >= 15 is 0 Å². The van der Waals surface area contributed by atoms with Gasteiger partial charge in [0.25, 0.3) is 0 Å². The van der Waals surface area contributed by atoms with Gasteiger partial charge in [0.05, 0.1) is 0 Å². The third-order valence-corrected chi connectivity index (χ3v) is 2.01. The Bertz CT molecular complexity index is 513. The van der Waals surface area contributed by atoms with E-state index in [9.17, 15) is 19.8 Å². The Labute approximate surface area is 118 Å². The molecule has 0 N–H and O–H groups in total. The molecule has 1 radical (unpaired) electrons. The zero-order valence-electron chi connectivity index (χ0n) is 10.1. The summed E-state index contributed by atoms with van der Waals surface area (Å²) in [5, 5.41) is 20.2. The summed E-state index contributed by atoms with van der Waals surface area (Å²) in [5.74, 6) is -2.59. The fraction of sp³-hybridized carbons (Fsp3) is 0.200. The average molecular weight is 309 g/mol. The Morgan fingerprint density at radius 3 is 1.37 bits per heavy atom. The molecule has 19 heavy (non-hydrogen) atoms. The Morgan fingerprint density at radius 2 is 1.26 bits per heavy atom. The minimum absolute atomic E-state index is 0. The van der Waals surface area contributed by atoms with Crippen molar-refractivity contribution < 1.29 is 36.6 Å². The number of imidazole rings is 2. The molecule has 0 unspecified atom stereocenters. The van der Waals surface area contributed by atoms with E-state index in [1.54, 1.807) is 26.5 Å². The van der Waals surface area contributed by atoms with Crippen molar-refractivity contribution in [2.24, 2.45) is 14.1 Å². The molecule has 0 aliphatic rings. The molecule has 0 bridgehead atoms. The van der Waals surface area contributed by atoms with E-state index in [1.165, 1.54) is 21.5 Å². The molecular formula is C10H10CoN4O4. The van der Waals surface area contributed by atoms with Crippen LogP contribution in [0.1, 0.15) is 21.2 Å². The van der Waals surface area contributed by atoms with Crippen molar-refractivity contribution in [3.8, 4) is 0 Å². The van der Waals surface area contributed by atoms with Gasteiger partial charge in [0.1, 0.15) is 11.9 Å². The van der Waals surface area contributed by atoms with Crippen LogP contribution in [0.15, 0.2) is 24.8 Å². The first kappa shape index (κ1) is 16.9. The van der Waals surface area contributed by atoms with Gasteiger partial charge in [-0.15, -0.1) is 0 Å². The first-order valence-electron chi connectivity index (χ1n) is 4.80. The Morgan fingerprint density at radius 1 is 0.947 bits per heavy atom. The van der Waals surface area contributed by atoms with Gasteiger partial charge < -0.3 is 28.9 Å². The number of hydrogen-bond donors (Lipinski definition) is 0.